The number of nitrogens with zero attached hydrogens (tertiary/aromatic N) is 5. The summed E-state index contributed by atoms with van der Waals surface area (Å²) in [6.07, 6.45) is 3.37. The van der Waals surface area contributed by atoms with Crippen molar-refractivity contribution >= 4 is 28.6 Å². The van der Waals surface area contributed by atoms with Gasteiger partial charge in [-0.2, -0.15) is 5.10 Å². The van der Waals surface area contributed by atoms with Gasteiger partial charge in [-0.15, -0.1) is 22.7 Å². The third-order valence-electron chi connectivity index (χ3n) is 3.83. The summed E-state index contributed by atoms with van der Waals surface area (Å²) in [5.41, 5.74) is 1.45. The smallest absolute Gasteiger partial charge is 0.273 e. The van der Waals surface area contributed by atoms with Gasteiger partial charge in [0.2, 0.25) is 0 Å². The van der Waals surface area contributed by atoms with Crippen LogP contribution in [0.15, 0.2) is 17.1 Å². The third-order valence-corrected chi connectivity index (χ3v) is 5.47. The highest BCUT2D eigenvalue weighted by atomic mass is 32.1. The Kier molecular flexibility index (Phi) is 3.66. The Bertz CT molecular complexity index is 824. The van der Waals surface area contributed by atoms with Gasteiger partial charge in [-0.3, -0.25) is 9.89 Å². The van der Waals surface area contributed by atoms with E-state index in [0.29, 0.717) is 16.5 Å². The second-order valence-electron chi connectivity index (χ2n) is 5.32. The summed E-state index contributed by atoms with van der Waals surface area (Å²) in [6, 6.07) is 0.0582. The number of likely N-dealkylation sites (tertiary alicyclic amines) is 1. The fourth-order valence-electron chi connectivity index (χ4n) is 2.79. The lowest BCUT2D eigenvalue weighted by atomic mass is 10.1. The molecule has 4 heterocycles. The first kappa shape index (κ1) is 14.5. The number of thiazole rings is 2. The number of amides is 1. The maximum atomic E-state index is 12.8. The molecular formula is C14H14N6OS2. The standard InChI is InChI=1S/C14H14N6OS2/c1-8-17-9(5-22-8)11-3-2-4-20(11)14(21)10-6-23-13(18-10)12-15-7-16-19-12/h5-7,11H,2-4H2,1H3,(H,15,16,19)/t11-/m1/s1. The number of aromatic amines is 1. The highest BCUT2D eigenvalue weighted by Crippen LogP contribution is 2.34. The van der Waals surface area contributed by atoms with Gasteiger partial charge in [-0.05, 0) is 19.8 Å². The molecule has 7 nitrogen and oxygen atoms in total. The molecule has 1 amide bonds. The number of hydrogen-bond acceptors (Lipinski definition) is 7. The molecule has 9 heteroatoms. The molecule has 1 saturated heterocycles. The first-order valence-corrected chi connectivity index (χ1v) is 9.02. The van der Waals surface area contributed by atoms with Gasteiger partial charge in [0.05, 0.1) is 16.7 Å². The van der Waals surface area contributed by atoms with Gasteiger partial charge in [0.15, 0.2) is 10.8 Å². The Labute approximate surface area is 140 Å². The van der Waals surface area contributed by atoms with Crippen LogP contribution in [0.2, 0.25) is 0 Å². The summed E-state index contributed by atoms with van der Waals surface area (Å²) < 4.78 is 0. The van der Waals surface area contributed by atoms with E-state index in [2.05, 4.69) is 25.1 Å². The van der Waals surface area contributed by atoms with Gasteiger partial charge in [0.1, 0.15) is 12.0 Å². The van der Waals surface area contributed by atoms with Gasteiger partial charge in [-0.25, -0.2) is 15.0 Å². The van der Waals surface area contributed by atoms with Crippen molar-refractivity contribution in [3.63, 3.8) is 0 Å². The van der Waals surface area contributed by atoms with Crippen molar-refractivity contribution in [1.29, 1.82) is 0 Å². The summed E-state index contributed by atoms with van der Waals surface area (Å²) in [4.78, 5) is 27.7. The number of rotatable bonds is 3. The maximum Gasteiger partial charge on any atom is 0.273 e. The van der Waals surface area contributed by atoms with Crippen LogP contribution >= 0.6 is 22.7 Å². The largest absolute Gasteiger partial charge is 0.329 e. The monoisotopic (exact) mass is 346 g/mol. The van der Waals surface area contributed by atoms with E-state index in [0.717, 1.165) is 30.1 Å². The maximum absolute atomic E-state index is 12.8. The number of carbonyl (C=O) groups is 1. The average Bonchev–Trinajstić information content (AvgIpc) is 3.31. The molecule has 3 aromatic heterocycles. The van der Waals surface area contributed by atoms with Crippen LogP contribution in [0.4, 0.5) is 0 Å². The second-order valence-corrected chi connectivity index (χ2v) is 7.24. The summed E-state index contributed by atoms with van der Waals surface area (Å²) in [7, 11) is 0. The van der Waals surface area contributed by atoms with Crippen LogP contribution in [-0.2, 0) is 0 Å². The zero-order valence-corrected chi connectivity index (χ0v) is 14.0. The second kappa shape index (κ2) is 5.82. The SMILES string of the molecule is Cc1nc([C@H]2CCCN2C(=O)c2csc(-c3ncn[nH]3)n2)cs1. The molecule has 1 aliphatic rings. The summed E-state index contributed by atoms with van der Waals surface area (Å²) >= 11 is 3.01. The molecule has 1 aliphatic heterocycles. The Morgan fingerprint density at radius 3 is 3.00 bits per heavy atom. The molecule has 4 rings (SSSR count). The molecule has 0 radical (unpaired) electrons. The van der Waals surface area contributed by atoms with E-state index in [1.807, 2.05) is 17.2 Å². The van der Waals surface area contributed by atoms with E-state index < -0.39 is 0 Å². The average molecular weight is 346 g/mol. The van der Waals surface area contributed by atoms with Crippen LogP contribution < -0.4 is 0 Å². The molecule has 0 saturated carbocycles. The van der Waals surface area contributed by atoms with Crippen molar-refractivity contribution in [3.8, 4) is 10.8 Å². The van der Waals surface area contributed by atoms with Crippen LogP contribution in [0, 0.1) is 6.92 Å². The first-order chi connectivity index (χ1) is 11.2. The van der Waals surface area contributed by atoms with Gasteiger partial charge in [-0.1, -0.05) is 0 Å². The van der Waals surface area contributed by atoms with Crippen LogP contribution in [0.25, 0.3) is 10.8 Å². The molecular weight excluding hydrogens is 332 g/mol. The Hall–Kier alpha value is -2.13. The van der Waals surface area contributed by atoms with Crippen LogP contribution in [0.5, 0.6) is 0 Å². The number of aryl methyl sites for hydroxylation is 1. The molecule has 3 aromatic rings. The fourth-order valence-corrected chi connectivity index (χ4v) is 4.18. The van der Waals surface area contributed by atoms with Crippen molar-refractivity contribution in [2.45, 2.75) is 25.8 Å². The molecule has 0 aliphatic carbocycles. The molecule has 0 spiro atoms. The summed E-state index contributed by atoms with van der Waals surface area (Å²) in [5.74, 6) is 0.544. The van der Waals surface area contributed by atoms with Crippen molar-refractivity contribution in [2.75, 3.05) is 6.54 Å². The lowest BCUT2D eigenvalue weighted by molar-refractivity contribution is 0.0728. The molecule has 1 fully saturated rings. The number of aromatic nitrogens is 5. The summed E-state index contributed by atoms with van der Waals surface area (Å²) in [5, 5.41) is 12.1. The molecule has 1 atom stereocenters. The third kappa shape index (κ3) is 2.66. The van der Waals surface area contributed by atoms with Gasteiger partial charge >= 0.3 is 0 Å². The Balaban J connectivity index is 1.58. The van der Waals surface area contributed by atoms with E-state index in [1.165, 1.54) is 17.7 Å². The van der Waals surface area contributed by atoms with Gasteiger partial charge < -0.3 is 4.90 Å². The van der Waals surface area contributed by atoms with Crippen LogP contribution in [-0.4, -0.2) is 42.5 Å². The minimum Gasteiger partial charge on any atom is -0.329 e. The van der Waals surface area contributed by atoms with Crippen molar-refractivity contribution in [3.05, 3.63) is 33.5 Å². The zero-order chi connectivity index (χ0) is 15.8. The van der Waals surface area contributed by atoms with Gasteiger partial charge in [0.25, 0.3) is 5.91 Å². The molecule has 1 N–H and O–H groups in total. The first-order valence-electron chi connectivity index (χ1n) is 7.26. The quantitative estimate of drug-likeness (QED) is 0.788. The molecule has 0 unspecified atom stereocenters. The van der Waals surface area contributed by atoms with Crippen molar-refractivity contribution in [1.82, 2.24) is 30.0 Å². The fraction of sp³-hybridized carbons (Fsp3) is 0.357. The predicted octanol–water partition coefficient (Wildman–Crippen LogP) is 2.67. The van der Waals surface area contributed by atoms with E-state index in [1.54, 1.807) is 16.7 Å². The minimum atomic E-state index is -0.0415. The van der Waals surface area contributed by atoms with E-state index in [-0.39, 0.29) is 11.9 Å². The lowest BCUT2D eigenvalue weighted by Gasteiger charge is -2.22. The highest BCUT2D eigenvalue weighted by Gasteiger charge is 2.33. The number of hydrogen-bond donors (Lipinski definition) is 1. The van der Waals surface area contributed by atoms with Crippen molar-refractivity contribution < 1.29 is 4.79 Å². The van der Waals surface area contributed by atoms with Crippen LogP contribution in [0.3, 0.4) is 0 Å². The Morgan fingerprint density at radius 1 is 1.35 bits per heavy atom. The van der Waals surface area contributed by atoms with E-state index in [9.17, 15) is 4.79 Å². The summed E-state index contributed by atoms with van der Waals surface area (Å²) in [6.45, 7) is 2.73. The minimum absolute atomic E-state index is 0.0415. The topological polar surface area (TPSA) is 87.7 Å². The van der Waals surface area contributed by atoms with Crippen molar-refractivity contribution in [2.24, 2.45) is 0 Å². The lowest BCUT2D eigenvalue weighted by Crippen LogP contribution is -2.31. The van der Waals surface area contributed by atoms with Gasteiger partial charge in [0, 0.05) is 17.3 Å². The number of carbonyl (C=O) groups excluding carboxylic acids is 1. The van der Waals surface area contributed by atoms with E-state index >= 15 is 0 Å². The normalized spacial score (nSPS) is 17.8. The van der Waals surface area contributed by atoms with E-state index in [4.69, 9.17) is 0 Å². The number of H-pyrrole nitrogens is 1. The highest BCUT2D eigenvalue weighted by molar-refractivity contribution is 7.13. The molecule has 23 heavy (non-hydrogen) atoms. The Morgan fingerprint density at radius 2 is 2.26 bits per heavy atom. The zero-order valence-electron chi connectivity index (χ0n) is 12.4. The molecule has 0 aromatic carbocycles. The predicted molar refractivity (Wildman–Crippen MR) is 87.4 cm³/mol. The molecule has 118 valence electrons. The molecule has 0 bridgehead atoms. The number of nitrogens with one attached hydrogen (secondary N) is 1. The van der Waals surface area contributed by atoms with Crippen LogP contribution in [0.1, 0.15) is 40.1 Å².